The van der Waals surface area contributed by atoms with E-state index in [4.69, 9.17) is 21.6 Å². The lowest BCUT2D eigenvalue weighted by atomic mass is 9.77. The zero-order valence-electron chi connectivity index (χ0n) is 19.0. The molecule has 0 unspecified atom stereocenters. The average molecular weight is 502 g/mol. The number of halogens is 1. The van der Waals surface area contributed by atoms with Crippen LogP contribution in [0.3, 0.4) is 0 Å². The van der Waals surface area contributed by atoms with Crippen LogP contribution >= 0.6 is 11.6 Å². The smallest absolute Gasteiger partial charge is 0.228 e. The second-order valence-corrected chi connectivity index (χ2v) is 11.6. The molecule has 1 saturated carbocycles. The van der Waals surface area contributed by atoms with E-state index in [2.05, 4.69) is 25.1 Å². The fourth-order valence-electron chi connectivity index (χ4n) is 5.26. The van der Waals surface area contributed by atoms with E-state index in [1.807, 2.05) is 0 Å². The first-order chi connectivity index (χ1) is 16.5. The average Bonchev–Trinajstić information content (AvgIpc) is 3.33. The minimum Gasteiger partial charge on any atom is -0.394 e. The van der Waals surface area contributed by atoms with Crippen LogP contribution in [0.2, 0.25) is 5.02 Å². The molecule has 0 amide bonds. The summed E-state index contributed by atoms with van der Waals surface area (Å²) in [6.07, 6.45) is 8.83. The first-order valence-corrected chi connectivity index (χ1v) is 13.6. The predicted octanol–water partition coefficient (Wildman–Crippen LogP) is 2.33. The quantitative estimate of drug-likeness (QED) is 0.597. The zero-order valence-corrected chi connectivity index (χ0v) is 20.5. The minimum absolute atomic E-state index is 0.0515. The normalized spacial score (nSPS) is 23.4. The lowest BCUT2D eigenvalue weighted by Crippen LogP contribution is -2.49. The molecule has 1 fully saturated rings. The second kappa shape index (κ2) is 8.73. The molecule has 34 heavy (non-hydrogen) atoms. The van der Waals surface area contributed by atoms with Crippen LogP contribution in [-0.4, -0.2) is 73.3 Å². The maximum Gasteiger partial charge on any atom is 0.228 e. The lowest BCUT2D eigenvalue weighted by molar-refractivity contribution is 0.143. The van der Waals surface area contributed by atoms with Crippen molar-refractivity contribution in [1.82, 2.24) is 19.9 Å². The molecular formula is C23H28ClN7O2S. The van der Waals surface area contributed by atoms with Gasteiger partial charge in [0, 0.05) is 31.9 Å². The summed E-state index contributed by atoms with van der Waals surface area (Å²) in [5.41, 5.74) is 3.22. The Kier molecular flexibility index (Phi) is 5.69. The number of hydrogen-bond donors (Lipinski definition) is 2. The van der Waals surface area contributed by atoms with E-state index in [9.17, 15) is 9.32 Å². The number of hydrogen-bond acceptors (Lipinski definition) is 9. The van der Waals surface area contributed by atoms with Crippen molar-refractivity contribution in [1.29, 1.82) is 0 Å². The van der Waals surface area contributed by atoms with E-state index in [0.717, 1.165) is 75.3 Å². The van der Waals surface area contributed by atoms with E-state index in [-0.39, 0.29) is 12.1 Å². The molecule has 0 aromatic carbocycles. The molecule has 6 rings (SSSR count). The Morgan fingerprint density at radius 1 is 1.00 bits per heavy atom. The molecule has 4 aliphatic rings. The van der Waals surface area contributed by atoms with Gasteiger partial charge in [0.25, 0.3) is 0 Å². The Balaban J connectivity index is 1.25. The van der Waals surface area contributed by atoms with E-state index < -0.39 is 10.8 Å². The molecule has 1 aliphatic carbocycles. The molecule has 2 aromatic heterocycles. The summed E-state index contributed by atoms with van der Waals surface area (Å²) in [6.45, 7) is 3.12. The molecular weight excluding hydrogens is 474 g/mol. The maximum atomic E-state index is 13.1. The SMILES string of the molecule is O=[S@]1CCCCc2nc(N3CC4=C(CN(c5ncc(Cl)cn5)C4)C3)nc(NC3(CO)CCC3)c21. The summed E-state index contributed by atoms with van der Waals surface area (Å²) < 4.78 is 13.1. The molecule has 0 radical (unpaired) electrons. The highest BCUT2D eigenvalue weighted by Gasteiger charge is 2.39. The number of aryl methyl sites for hydroxylation is 1. The van der Waals surface area contributed by atoms with Gasteiger partial charge in [-0.15, -0.1) is 0 Å². The van der Waals surface area contributed by atoms with Gasteiger partial charge in [-0.2, -0.15) is 4.98 Å². The van der Waals surface area contributed by atoms with Gasteiger partial charge in [0.1, 0.15) is 10.7 Å². The highest BCUT2D eigenvalue weighted by atomic mass is 35.5. The zero-order chi connectivity index (χ0) is 23.3. The molecule has 0 spiro atoms. The van der Waals surface area contributed by atoms with Crippen LogP contribution in [0.1, 0.15) is 37.8 Å². The second-order valence-electron chi connectivity index (χ2n) is 9.69. The van der Waals surface area contributed by atoms with Crippen LogP contribution in [-0.2, 0) is 17.2 Å². The third-order valence-electron chi connectivity index (χ3n) is 7.34. The molecule has 3 aliphatic heterocycles. The summed E-state index contributed by atoms with van der Waals surface area (Å²) in [7, 11) is -1.13. The predicted molar refractivity (Wildman–Crippen MR) is 132 cm³/mol. The Bertz CT molecular complexity index is 1150. The van der Waals surface area contributed by atoms with E-state index in [1.54, 1.807) is 12.4 Å². The Labute approximate surface area is 206 Å². The van der Waals surface area contributed by atoms with Crippen molar-refractivity contribution >= 4 is 40.1 Å². The first-order valence-electron chi connectivity index (χ1n) is 11.9. The Morgan fingerprint density at radius 3 is 2.29 bits per heavy atom. The van der Waals surface area contributed by atoms with Crippen LogP contribution in [0, 0.1) is 0 Å². The molecule has 0 bridgehead atoms. The number of fused-ring (bicyclic) bond motifs is 1. The number of aliphatic hydroxyl groups is 1. The van der Waals surface area contributed by atoms with Gasteiger partial charge in [-0.25, -0.2) is 15.0 Å². The molecule has 11 heteroatoms. The first kappa shape index (κ1) is 22.2. The van der Waals surface area contributed by atoms with Gasteiger partial charge in [-0.05, 0) is 49.7 Å². The largest absolute Gasteiger partial charge is 0.394 e. The molecule has 2 aromatic rings. The van der Waals surface area contributed by atoms with E-state index >= 15 is 0 Å². The molecule has 9 nitrogen and oxygen atoms in total. The molecule has 180 valence electrons. The number of anilines is 3. The molecule has 1 atom stereocenters. The van der Waals surface area contributed by atoms with Gasteiger partial charge in [-0.3, -0.25) is 4.21 Å². The van der Waals surface area contributed by atoms with Crippen molar-refractivity contribution < 1.29 is 9.32 Å². The van der Waals surface area contributed by atoms with Crippen LogP contribution in [0.15, 0.2) is 28.4 Å². The van der Waals surface area contributed by atoms with Gasteiger partial charge >= 0.3 is 0 Å². The third-order valence-corrected chi connectivity index (χ3v) is 9.08. The van der Waals surface area contributed by atoms with Crippen molar-refractivity contribution in [3.05, 3.63) is 34.3 Å². The molecule has 2 N–H and O–H groups in total. The van der Waals surface area contributed by atoms with Crippen molar-refractivity contribution in [3.8, 4) is 0 Å². The molecule has 0 saturated heterocycles. The van der Waals surface area contributed by atoms with Crippen molar-refractivity contribution in [2.45, 2.75) is 49.0 Å². The summed E-state index contributed by atoms with van der Waals surface area (Å²) in [4.78, 5) is 23.6. The minimum atomic E-state index is -1.13. The number of aliphatic hydroxyl groups excluding tert-OH is 1. The number of nitrogens with one attached hydrogen (secondary N) is 1. The van der Waals surface area contributed by atoms with Gasteiger partial charge in [0.05, 0.1) is 46.1 Å². The van der Waals surface area contributed by atoms with Crippen LogP contribution in [0.25, 0.3) is 0 Å². The van der Waals surface area contributed by atoms with Gasteiger partial charge < -0.3 is 20.2 Å². The highest BCUT2D eigenvalue weighted by Crippen LogP contribution is 2.38. The third kappa shape index (κ3) is 3.95. The topological polar surface area (TPSA) is 107 Å². The highest BCUT2D eigenvalue weighted by molar-refractivity contribution is 7.85. The fourth-order valence-corrected chi connectivity index (χ4v) is 6.75. The number of rotatable bonds is 5. The van der Waals surface area contributed by atoms with Gasteiger partial charge in [0.2, 0.25) is 11.9 Å². The summed E-state index contributed by atoms with van der Waals surface area (Å²) in [6, 6.07) is 0. The van der Waals surface area contributed by atoms with Crippen LogP contribution in [0.4, 0.5) is 17.7 Å². The van der Waals surface area contributed by atoms with Crippen molar-refractivity contribution in [2.75, 3.05) is 53.7 Å². The van der Waals surface area contributed by atoms with Gasteiger partial charge in [-0.1, -0.05) is 11.6 Å². The summed E-state index contributed by atoms with van der Waals surface area (Å²) >= 11 is 5.93. The standard InChI is InChI=1S/C23H28ClN7O2S/c24-17-8-25-21(26-9-17)30-10-15-12-31(13-16(15)11-30)22-27-18-4-1-2-7-34(33)19(18)20(28-22)29-23(14-32)5-3-6-23/h8-9,32H,1-7,10-14H2,(H,27,28,29)/t34-/m0/s1. The monoisotopic (exact) mass is 501 g/mol. The van der Waals surface area contributed by atoms with E-state index in [1.165, 1.54) is 11.1 Å². The summed E-state index contributed by atoms with van der Waals surface area (Å²) in [5.74, 6) is 2.66. The van der Waals surface area contributed by atoms with Crippen LogP contribution < -0.4 is 15.1 Å². The van der Waals surface area contributed by atoms with Crippen molar-refractivity contribution in [3.63, 3.8) is 0 Å². The lowest BCUT2D eigenvalue weighted by Gasteiger charge is -2.42. The number of nitrogens with zero attached hydrogens (tertiary/aromatic N) is 6. The van der Waals surface area contributed by atoms with Gasteiger partial charge in [0.15, 0.2) is 0 Å². The van der Waals surface area contributed by atoms with Crippen molar-refractivity contribution in [2.24, 2.45) is 0 Å². The summed E-state index contributed by atoms with van der Waals surface area (Å²) in [5, 5.41) is 14.1. The molecule has 5 heterocycles. The number of aromatic nitrogens is 4. The van der Waals surface area contributed by atoms with E-state index in [0.29, 0.717) is 28.5 Å². The Hall–Kier alpha value is -2.30. The fraction of sp³-hybridized carbons (Fsp3) is 0.565. The Morgan fingerprint density at radius 2 is 1.68 bits per heavy atom. The van der Waals surface area contributed by atoms with Crippen LogP contribution in [0.5, 0.6) is 0 Å². The maximum absolute atomic E-state index is 13.1.